The highest BCUT2D eigenvalue weighted by atomic mass is 35.5. The minimum absolute atomic E-state index is 0.0212. The lowest BCUT2D eigenvalue weighted by Gasteiger charge is -2.05. The normalized spacial score (nSPS) is 22.9. The van der Waals surface area contributed by atoms with Gasteiger partial charge in [-0.05, 0) is 30.0 Å². The Morgan fingerprint density at radius 3 is 3.00 bits per heavy atom. The summed E-state index contributed by atoms with van der Waals surface area (Å²) in [5, 5.41) is 3.04. The summed E-state index contributed by atoms with van der Waals surface area (Å²) in [6.45, 7) is 2.16. The molecule has 1 aliphatic rings. The van der Waals surface area contributed by atoms with Crippen molar-refractivity contribution in [1.82, 2.24) is 5.32 Å². The molecule has 16 heavy (non-hydrogen) atoms. The van der Waals surface area contributed by atoms with Crippen LogP contribution in [0.3, 0.4) is 0 Å². The first-order valence-electron chi connectivity index (χ1n) is 5.70. The largest absolute Gasteiger partial charge is 0.349 e. The van der Waals surface area contributed by atoms with E-state index in [1.54, 1.807) is 0 Å². The van der Waals surface area contributed by atoms with Gasteiger partial charge in [0.25, 0.3) is 5.91 Å². The van der Waals surface area contributed by atoms with Crippen LogP contribution in [0.4, 0.5) is 0 Å². The summed E-state index contributed by atoms with van der Waals surface area (Å²) < 4.78 is 0. The van der Waals surface area contributed by atoms with Gasteiger partial charge in [-0.1, -0.05) is 25.5 Å². The average Bonchev–Trinajstić information content (AvgIpc) is 3.07. The summed E-state index contributed by atoms with van der Waals surface area (Å²) in [5.74, 6) is 1.15. The molecule has 1 aliphatic carbocycles. The molecule has 0 aromatic heterocycles. The van der Waals surface area contributed by atoms with Gasteiger partial charge in [-0.25, -0.2) is 0 Å². The second-order valence-electron chi connectivity index (χ2n) is 4.32. The molecule has 3 heteroatoms. The van der Waals surface area contributed by atoms with Crippen molar-refractivity contribution in [2.24, 2.45) is 5.92 Å². The molecule has 2 nitrogen and oxygen atoms in total. The van der Waals surface area contributed by atoms with Crippen LogP contribution in [0.1, 0.15) is 35.7 Å². The van der Waals surface area contributed by atoms with Crippen LogP contribution in [0.2, 0.25) is 0 Å². The van der Waals surface area contributed by atoms with Gasteiger partial charge in [-0.15, -0.1) is 11.6 Å². The van der Waals surface area contributed by atoms with Crippen LogP contribution in [0.5, 0.6) is 0 Å². The fourth-order valence-corrected chi connectivity index (χ4v) is 2.09. The van der Waals surface area contributed by atoms with Gasteiger partial charge in [0.15, 0.2) is 0 Å². The highest BCUT2D eigenvalue weighted by Crippen LogP contribution is 2.33. The van der Waals surface area contributed by atoms with Crippen molar-refractivity contribution >= 4 is 17.5 Å². The van der Waals surface area contributed by atoms with Crippen molar-refractivity contribution in [3.8, 4) is 0 Å². The molecule has 1 aromatic carbocycles. The fourth-order valence-electron chi connectivity index (χ4n) is 1.92. The standard InChI is InChI=1S/C13H16ClNO/c1-2-10-7-12(10)15-13(16)11-5-3-4-9(6-11)8-14/h3-6,10,12H,2,7-8H2,1H3,(H,15,16). The van der Waals surface area contributed by atoms with Crippen molar-refractivity contribution in [3.63, 3.8) is 0 Å². The van der Waals surface area contributed by atoms with Crippen LogP contribution in [-0.4, -0.2) is 11.9 Å². The van der Waals surface area contributed by atoms with Crippen molar-refractivity contribution in [1.29, 1.82) is 0 Å². The van der Waals surface area contributed by atoms with E-state index < -0.39 is 0 Å². The Bertz CT molecular complexity index is 391. The summed E-state index contributed by atoms with van der Waals surface area (Å²) in [4.78, 5) is 11.9. The van der Waals surface area contributed by atoms with Crippen molar-refractivity contribution in [2.75, 3.05) is 0 Å². The third kappa shape index (κ3) is 2.56. The summed E-state index contributed by atoms with van der Waals surface area (Å²) in [6, 6.07) is 7.87. The predicted octanol–water partition coefficient (Wildman–Crippen LogP) is 2.95. The lowest BCUT2D eigenvalue weighted by molar-refractivity contribution is 0.0949. The predicted molar refractivity (Wildman–Crippen MR) is 65.7 cm³/mol. The van der Waals surface area contributed by atoms with Gasteiger partial charge in [0.2, 0.25) is 0 Å². The van der Waals surface area contributed by atoms with Crippen LogP contribution in [-0.2, 0) is 5.88 Å². The lowest BCUT2D eigenvalue weighted by atomic mass is 10.1. The van der Waals surface area contributed by atoms with Crippen molar-refractivity contribution in [2.45, 2.75) is 31.7 Å². The number of amides is 1. The summed E-state index contributed by atoms with van der Waals surface area (Å²) in [5.41, 5.74) is 1.69. The molecule has 2 unspecified atom stereocenters. The monoisotopic (exact) mass is 237 g/mol. The van der Waals surface area contributed by atoms with Crippen molar-refractivity contribution < 1.29 is 4.79 Å². The molecular formula is C13H16ClNO. The highest BCUT2D eigenvalue weighted by molar-refractivity contribution is 6.17. The molecular weight excluding hydrogens is 222 g/mol. The van der Waals surface area contributed by atoms with E-state index in [1.165, 1.54) is 0 Å². The van der Waals surface area contributed by atoms with Gasteiger partial charge in [0, 0.05) is 17.5 Å². The topological polar surface area (TPSA) is 29.1 Å². The first-order chi connectivity index (χ1) is 7.74. The molecule has 1 N–H and O–H groups in total. The first-order valence-corrected chi connectivity index (χ1v) is 6.23. The summed E-state index contributed by atoms with van der Waals surface area (Å²) in [7, 11) is 0. The Labute approximate surface area is 101 Å². The van der Waals surface area contributed by atoms with E-state index in [2.05, 4.69) is 12.2 Å². The molecule has 2 atom stereocenters. The zero-order valence-electron chi connectivity index (χ0n) is 9.37. The lowest BCUT2D eigenvalue weighted by Crippen LogP contribution is -2.26. The van der Waals surface area contributed by atoms with E-state index in [1.807, 2.05) is 24.3 Å². The summed E-state index contributed by atoms with van der Waals surface area (Å²) in [6.07, 6.45) is 2.27. The molecule has 0 heterocycles. The van der Waals surface area contributed by atoms with Gasteiger partial charge in [0.05, 0.1) is 0 Å². The maximum Gasteiger partial charge on any atom is 0.251 e. The van der Waals surface area contributed by atoms with E-state index in [0.29, 0.717) is 23.4 Å². The minimum Gasteiger partial charge on any atom is -0.349 e. The van der Waals surface area contributed by atoms with Gasteiger partial charge < -0.3 is 5.32 Å². The maximum absolute atomic E-state index is 11.9. The van der Waals surface area contributed by atoms with Crippen molar-refractivity contribution in [3.05, 3.63) is 35.4 Å². The Kier molecular flexibility index (Phi) is 3.49. The summed E-state index contributed by atoms with van der Waals surface area (Å²) >= 11 is 5.74. The van der Waals surface area contributed by atoms with Gasteiger partial charge in [0.1, 0.15) is 0 Å². The number of carbonyl (C=O) groups is 1. The van der Waals surface area contributed by atoms with E-state index in [9.17, 15) is 4.79 Å². The van der Waals surface area contributed by atoms with Crippen LogP contribution in [0, 0.1) is 5.92 Å². The van der Waals surface area contributed by atoms with Crippen LogP contribution >= 0.6 is 11.6 Å². The minimum atomic E-state index is 0.0212. The smallest absolute Gasteiger partial charge is 0.251 e. The quantitative estimate of drug-likeness (QED) is 0.802. The number of hydrogen-bond acceptors (Lipinski definition) is 1. The number of alkyl halides is 1. The molecule has 0 bridgehead atoms. The number of hydrogen-bond donors (Lipinski definition) is 1. The molecule has 2 rings (SSSR count). The van der Waals surface area contributed by atoms with Crippen LogP contribution in [0.25, 0.3) is 0 Å². The SMILES string of the molecule is CCC1CC1NC(=O)c1cccc(CCl)c1. The average molecular weight is 238 g/mol. The third-order valence-corrected chi connectivity index (χ3v) is 3.42. The Hall–Kier alpha value is -1.02. The third-order valence-electron chi connectivity index (χ3n) is 3.11. The molecule has 86 valence electrons. The van der Waals surface area contributed by atoms with Crippen LogP contribution < -0.4 is 5.32 Å². The Balaban J connectivity index is 1.98. The molecule has 1 fully saturated rings. The molecule has 1 saturated carbocycles. The zero-order chi connectivity index (χ0) is 11.5. The molecule has 0 radical (unpaired) electrons. The number of benzene rings is 1. The van der Waals surface area contributed by atoms with Gasteiger partial charge >= 0.3 is 0 Å². The van der Waals surface area contributed by atoms with Crippen LogP contribution in [0.15, 0.2) is 24.3 Å². The van der Waals surface area contributed by atoms with E-state index in [0.717, 1.165) is 18.4 Å². The Morgan fingerprint density at radius 1 is 1.56 bits per heavy atom. The second-order valence-corrected chi connectivity index (χ2v) is 4.59. The maximum atomic E-state index is 11.9. The number of halogens is 1. The van der Waals surface area contributed by atoms with E-state index in [4.69, 9.17) is 11.6 Å². The number of nitrogens with one attached hydrogen (secondary N) is 1. The number of rotatable bonds is 4. The van der Waals surface area contributed by atoms with E-state index in [-0.39, 0.29) is 5.91 Å². The zero-order valence-corrected chi connectivity index (χ0v) is 10.1. The van der Waals surface area contributed by atoms with Gasteiger partial charge in [-0.2, -0.15) is 0 Å². The molecule has 0 saturated heterocycles. The molecule has 1 aromatic rings. The second kappa shape index (κ2) is 4.88. The highest BCUT2D eigenvalue weighted by Gasteiger charge is 2.36. The Morgan fingerprint density at radius 2 is 2.38 bits per heavy atom. The first kappa shape index (κ1) is 11.5. The fraction of sp³-hybridized carbons (Fsp3) is 0.462. The van der Waals surface area contributed by atoms with E-state index >= 15 is 0 Å². The van der Waals surface area contributed by atoms with Gasteiger partial charge in [-0.3, -0.25) is 4.79 Å². The molecule has 0 spiro atoms. The number of carbonyl (C=O) groups excluding carboxylic acids is 1. The molecule has 0 aliphatic heterocycles. The molecule has 1 amide bonds.